The van der Waals surface area contributed by atoms with Crippen molar-refractivity contribution in [3.63, 3.8) is 0 Å². The van der Waals surface area contributed by atoms with Gasteiger partial charge in [0.2, 0.25) is 0 Å². The van der Waals surface area contributed by atoms with Crippen molar-refractivity contribution in [3.05, 3.63) is 167 Å². The molecular weight excluding hydrogens is 508 g/mol. The van der Waals surface area contributed by atoms with Gasteiger partial charge in [-0.1, -0.05) is 103 Å². The Morgan fingerprint density at radius 1 is 0.707 bits per heavy atom. The van der Waals surface area contributed by atoms with Crippen LogP contribution in [0.3, 0.4) is 0 Å². The Hall–Kier alpha value is -5.18. The first-order valence-electron chi connectivity index (χ1n) is 13.4. The maximum Gasteiger partial charge on any atom is 0.323 e. The molecule has 5 nitrogen and oxygen atoms in total. The summed E-state index contributed by atoms with van der Waals surface area (Å²) >= 11 is 0. The van der Waals surface area contributed by atoms with Gasteiger partial charge in [-0.2, -0.15) is 5.26 Å². The highest BCUT2D eigenvalue weighted by Crippen LogP contribution is 2.37. The van der Waals surface area contributed by atoms with Crippen molar-refractivity contribution < 1.29 is 14.3 Å². The average Bonchev–Trinajstić information content (AvgIpc) is 3.05. The minimum absolute atomic E-state index is 0.352. The summed E-state index contributed by atoms with van der Waals surface area (Å²) < 4.78 is 11.3. The van der Waals surface area contributed by atoms with Crippen molar-refractivity contribution in [2.45, 2.75) is 18.0 Å². The fourth-order valence-corrected chi connectivity index (χ4v) is 5.07. The zero-order valence-corrected chi connectivity index (χ0v) is 22.7. The predicted octanol–water partition coefficient (Wildman–Crippen LogP) is 7.02. The number of carbonyl (C=O) groups is 1. The standard InChI is InChI=1S/C36H30N2O3/c1-40-35(39)34(25-27-17-21-32(22-18-27)41-33-23-19-28(26-37)20-24-33)38-36(29-11-5-2-6-12-29,30-13-7-3-8-14-30)31-15-9-4-10-16-31/h2-24,34,38H,25H2,1H3/t34-/m0/s1. The summed E-state index contributed by atoms with van der Waals surface area (Å²) in [7, 11) is 1.42. The van der Waals surface area contributed by atoms with E-state index in [9.17, 15) is 4.79 Å². The van der Waals surface area contributed by atoms with Gasteiger partial charge in [0, 0.05) is 0 Å². The van der Waals surface area contributed by atoms with Crippen LogP contribution in [0.25, 0.3) is 0 Å². The third-order valence-electron chi connectivity index (χ3n) is 7.08. The van der Waals surface area contributed by atoms with Gasteiger partial charge in [-0.3, -0.25) is 10.1 Å². The number of benzene rings is 5. The van der Waals surface area contributed by atoms with E-state index in [-0.39, 0.29) is 5.97 Å². The van der Waals surface area contributed by atoms with Crippen LogP contribution in [0, 0.1) is 11.3 Å². The second kappa shape index (κ2) is 12.8. The molecule has 202 valence electrons. The van der Waals surface area contributed by atoms with E-state index in [0.717, 1.165) is 22.3 Å². The molecule has 5 rings (SSSR count). The van der Waals surface area contributed by atoms with E-state index in [1.807, 2.05) is 78.9 Å². The number of ether oxygens (including phenoxy) is 2. The molecule has 0 saturated heterocycles. The monoisotopic (exact) mass is 538 g/mol. The summed E-state index contributed by atoms with van der Waals surface area (Å²) in [5, 5.41) is 12.8. The number of rotatable bonds is 10. The van der Waals surface area contributed by atoms with E-state index >= 15 is 0 Å². The fraction of sp³-hybridized carbons (Fsp3) is 0.111. The third kappa shape index (κ3) is 6.19. The second-order valence-corrected chi connectivity index (χ2v) is 9.65. The van der Waals surface area contributed by atoms with Gasteiger partial charge in [-0.05, 0) is 65.1 Å². The van der Waals surface area contributed by atoms with Crippen molar-refractivity contribution in [2.75, 3.05) is 7.11 Å². The minimum Gasteiger partial charge on any atom is -0.468 e. The number of methoxy groups -OCH3 is 1. The Morgan fingerprint density at radius 2 is 1.15 bits per heavy atom. The van der Waals surface area contributed by atoms with E-state index in [1.54, 1.807) is 24.3 Å². The highest BCUT2D eigenvalue weighted by molar-refractivity contribution is 5.76. The summed E-state index contributed by atoms with van der Waals surface area (Å²) in [6.07, 6.45) is 0.401. The van der Waals surface area contributed by atoms with Crippen LogP contribution in [0.1, 0.15) is 27.8 Å². The van der Waals surface area contributed by atoms with Crippen LogP contribution in [0.4, 0.5) is 0 Å². The maximum absolute atomic E-state index is 13.3. The van der Waals surface area contributed by atoms with Crippen LogP contribution in [0.2, 0.25) is 0 Å². The molecule has 0 saturated carbocycles. The molecule has 5 heteroatoms. The molecule has 0 heterocycles. The van der Waals surface area contributed by atoms with Gasteiger partial charge < -0.3 is 9.47 Å². The van der Waals surface area contributed by atoms with E-state index in [0.29, 0.717) is 23.5 Å². The molecule has 1 N–H and O–H groups in total. The lowest BCUT2D eigenvalue weighted by Crippen LogP contribution is -2.53. The lowest BCUT2D eigenvalue weighted by atomic mass is 9.76. The van der Waals surface area contributed by atoms with Gasteiger partial charge in [-0.15, -0.1) is 0 Å². The lowest BCUT2D eigenvalue weighted by Gasteiger charge is -2.39. The SMILES string of the molecule is COC(=O)[C@H](Cc1ccc(Oc2ccc(C#N)cc2)cc1)NC(c1ccccc1)(c1ccccc1)c1ccccc1. The average molecular weight is 539 g/mol. The molecule has 0 aliphatic heterocycles. The Bertz CT molecular complexity index is 1500. The predicted molar refractivity (Wildman–Crippen MR) is 160 cm³/mol. The Balaban J connectivity index is 1.49. The van der Waals surface area contributed by atoms with Crippen molar-refractivity contribution in [1.29, 1.82) is 5.26 Å². The van der Waals surface area contributed by atoms with E-state index in [4.69, 9.17) is 14.7 Å². The molecule has 0 radical (unpaired) electrons. The molecule has 0 amide bonds. The second-order valence-electron chi connectivity index (χ2n) is 9.65. The highest BCUT2D eigenvalue weighted by Gasteiger charge is 2.40. The fourth-order valence-electron chi connectivity index (χ4n) is 5.07. The van der Waals surface area contributed by atoms with Crippen LogP contribution in [-0.4, -0.2) is 19.1 Å². The van der Waals surface area contributed by atoms with E-state index in [2.05, 4.69) is 47.8 Å². The first-order valence-corrected chi connectivity index (χ1v) is 13.4. The summed E-state index contributed by atoms with van der Waals surface area (Å²) in [4.78, 5) is 13.3. The minimum atomic E-state index is -0.818. The quantitative estimate of drug-likeness (QED) is 0.153. The summed E-state index contributed by atoms with van der Waals surface area (Å²) in [5.41, 5.74) is 3.74. The Morgan fingerprint density at radius 3 is 1.56 bits per heavy atom. The molecule has 5 aromatic rings. The Labute approximate surface area is 240 Å². The van der Waals surface area contributed by atoms with Crippen molar-refractivity contribution >= 4 is 5.97 Å². The number of hydrogen-bond acceptors (Lipinski definition) is 5. The molecule has 5 aromatic carbocycles. The number of hydrogen-bond donors (Lipinski definition) is 1. The molecule has 0 spiro atoms. The third-order valence-corrected chi connectivity index (χ3v) is 7.08. The maximum atomic E-state index is 13.3. The van der Waals surface area contributed by atoms with Crippen molar-refractivity contribution in [3.8, 4) is 17.6 Å². The normalized spacial score (nSPS) is 11.7. The lowest BCUT2D eigenvalue weighted by molar-refractivity contribution is -0.143. The molecule has 0 unspecified atom stereocenters. The van der Waals surface area contributed by atoms with Gasteiger partial charge in [0.15, 0.2) is 0 Å². The molecule has 0 bridgehead atoms. The van der Waals surface area contributed by atoms with Crippen LogP contribution in [-0.2, 0) is 21.5 Å². The van der Waals surface area contributed by atoms with Gasteiger partial charge in [0.25, 0.3) is 0 Å². The van der Waals surface area contributed by atoms with Crippen LogP contribution in [0.5, 0.6) is 11.5 Å². The Kier molecular flexibility index (Phi) is 8.54. The number of nitrogens with zero attached hydrogens (tertiary/aromatic N) is 1. The highest BCUT2D eigenvalue weighted by atomic mass is 16.5. The zero-order chi connectivity index (χ0) is 28.5. The first-order chi connectivity index (χ1) is 20.1. The molecule has 0 aromatic heterocycles. The zero-order valence-electron chi connectivity index (χ0n) is 22.7. The first kappa shape index (κ1) is 27.4. The van der Waals surface area contributed by atoms with Gasteiger partial charge in [-0.25, -0.2) is 0 Å². The van der Waals surface area contributed by atoms with E-state index in [1.165, 1.54) is 7.11 Å². The molecule has 41 heavy (non-hydrogen) atoms. The van der Waals surface area contributed by atoms with Gasteiger partial charge in [0.05, 0.1) is 24.3 Å². The van der Waals surface area contributed by atoms with Gasteiger partial charge >= 0.3 is 5.97 Å². The number of carbonyl (C=O) groups excluding carboxylic acids is 1. The number of nitrogens with one attached hydrogen (secondary N) is 1. The van der Waals surface area contributed by atoms with Crippen LogP contribution in [0.15, 0.2) is 140 Å². The van der Waals surface area contributed by atoms with Crippen molar-refractivity contribution in [2.24, 2.45) is 0 Å². The molecule has 0 aliphatic rings. The molecule has 0 aliphatic carbocycles. The topological polar surface area (TPSA) is 71.3 Å². The molecule has 1 atom stereocenters. The largest absolute Gasteiger partial charge is 0.468 e. The van der Waals surface area contributed by atoms with Gasteiger partial charge in [0.1, 0.15) is 17.5 Å². The number of esters is 1. The molecule has 0 fully saturated rings. The summed E-state index contributed by atoms with van der Waals surface area (Å²) in [6, 6.07) is 46.6. The van der Waals surface area contributed by atoms with Crippen LogP contribution >= 0.6 is 0 Å². The van der Waals surface area contributed by atoms with Crippen molar-refractivity contribution in [1.82, 2.24) is 5.32 Å². The van der Waals surface area contributed by atoms with Crippen LogP contribution < -0.4 is 10.1 Å². The number of nitriles is 1. The smallest absolute Gasteiger partial charge is 0.323 e. The summed E-state index contributed by atoms with van der Waals surface area (Å²) in [6.45, 7) is 0. The van der Waals surface area contributed by atoms with E-state index < -0.39 is 11.6 Å². The molecular formula is C36H30N2O3. The summed E-state index contributed by atoms with van der Waals surface area (Å²) in [5.74, 6) is 0.951.